The van der Waals surface area contributed by atoms with Gasteiger partial charge >= 0.3 is 0 Å². The van der Waals surface area contributed by atoms with E-state index in [1.165, 1.54) is 12.8 Å². The number of ketones is 1. The second kappa shape index (κ2) is 5.80. The topological polar surface area (TPSA) is 35.5 Å². The minimum Gasteiger partial charge on any atom is -0.496 e. The summed E-state index contributed by atoms with van der Waals surface area (Å²) in [5.74, 6) is 1.15. The van der Waals surface area contributed by atoms with Crippen LogP contribution in [0.25, 0.3) is 0 Å². The molecule has 0 N–H and O–H groups in total. The quantitative estimate of drug-likeness (QED) is 0.791. The van der Waals surface area contributed by atoms with Crippen molar-refractivity contribution in [2.75, 3.05) is 13.7 Å². The molecule has 1 aliphatic heterocycles. The predicted molar refractivity (Wildman–Crippen MR) is 81.9 cm³/mol. The van der Waals surface area contributed by atoms with E-state index in [1.807, 2.05) is 25.1 Å². The Morgan fingerprint density at radius 1 is 1.33 bits per heavy atom. The molecule has 114 valence electrons. The van der Waals surface area contributed by atoms with Gasteiger partial charge in [0.15, 0.2) is 5.78 Å². The Hall–Kier alpha value is -1.35. The molecule has 1 aromatic rings. The third-order valence-corrected chi connectivity index (χ3v) is 5.07. The SMILES string of the molecule is COc1cc(C(=O)C2CCOC3(CCCC3)C2)ccc1C. The molecule has 3 rings (SSSR count). The van der Waals surface area contributed by atoms with Crippen molar-refractivity contribution in [3.63, 3.8) is 0 Å². The molecule has 1 aromatic carbocycles. The first kappa shape index (κ1) is 14.6. The fourth-order valence-corrected chi connectivity index (χ4v) is 3.83. The summed E-state index contributed by atoms with van der Waals surface area (Å²) in [7, 11) is 1.65. The van der Waals surface area contributed by atoms with Crippen LogP contribution in [-0.4, -0.2) is 25.1 Å². The molecule has 1 aliphatic carbocycles. The van der Waals surface area contributed by atoms with E-state index in [4.69, 9.17) is 9.47 Å². The number of Topliss-reactive ketones (excluding diaryl/α,β-unsaturated/α-hetero) is 1. The van der Waals surface area contributed by atoms with E-state index in [0.717, 1.165) is 49.2 Å². The number of hydrogen-bond donors (Lipinski definition) is 0. The zero-order valence-electron chi connectivity index (χ0n) is 13.0. The summed E-state index contributed by atoms with van der Waals surface area (Å²) in [5.41, 5.74) is 1.83. The fourth-order valence-electron chi connectivity index (χ4n) is 3.83. The lowest BCUT2D eigenvalue weighted by molar-refractivity contribution is -0.0866. The molecule has 0 aromatic heterocycles. The van der Waals surface area contributed by atoms with Gasteiger partial charge in [-0.25, -0.2) is 0 Å². The summed E-state index contributed by atoms with van der Waals surface area (Å²) in [4.78, 5) is 12.8. The molecule has 21 heavy (non-hydrogen) atoms. The summed E-state index contributed by atoms with van der Waals surface area (Å²) >= 11 is 0. The first-order valence-corrected chi connectivity index (χ1v) is 7.96. The third-order valence-electron chi connectivity index (χ3n) is 5.07. The molecule has 1 saturated carbocycles. The summed E-state index contributed by atoms with van der Waals surface area (Å²) in [6.45, 7) is 2.72. The van der Waals surface area contributed by atoms with Gasteiger partial charge < -0.3 is 9.47 Å². The highest BCUT2D eigenvalue weighted by Crippen LogP contribution is 2.42. The Balaban J connectivity index is 1.78. The summed E-state index contributed by atoms with van der Waals surface area (Å²) < 4.78 is 11.4. The van der Waals surface area contributed by atoms with Crippen molar-refractivity contribution in [2.45, 2.75) is 51.0 Å². The fraction of sp³-hybridized carbons (Fsp3) is 0.611. The molecule has 1 spiro atoms. The van der Waals surface area contributed by atoms with Gasteiger partial charge in [0.2, 0.25) is 0 Å². The number of methoxy groups -OCH3 is 1. The van der Waals surface area contributed by atoms with E-state index >= 15 is 0 Å². The van der Waals surface area contributed by atoms with Gasteiger partial charge in [-0.2, -0.15) is 0 Å². The van der Waals surface area contributed by atoms with Crippen LogP contribution in [0.3, 0.4) is 0 Å². The van der Waals surface area contributed by atoms with E-state index in [9.17, 15) is 4.79 Å². The van der Waals surface area contributed by atoms with Crippen molar-refractivity contribution in [2.24, 2.45) is 5.92 Å². The van der Waals surface area contributed by atoms with Crippen LogP contribution in [0.2, 0.25) is 0 Å². The lowest BCUT2D eigenvalue weighted by Crippen LogP contribution is -2.39. The Labute approximate surface area is 126 Å². The Morgan fingerprint density at radius 3 is 2.81 bits per heavy atom. The van der Waals surface area contributed by atoms with Crippen molar-refractivity contribution < 1.29 is 14.3 Å². The van der Waals surface area contributed by atoms with Gasteiger partial charge in [0, 0.05) is 18.1 Å². The number of aryl methyl sites for hydroxylation is 1. The lowest BCUT2D eigenvalue weighted by Gasteiger charge is -2.37. The van der Waals surface area contributed by atoms with Crippen LogP contribution in [0.1, 0.15) is 54.4 Å². The van der Waals surface area contributed by atoms with Crippen molar-refractivity contribution >= 4 is 5.78 Å². The van der Waals surface area contributed by atoms with Gasteiger partial charge in [0.25, 0.3) is 0 Å². The molecule has 1 unspecified atom stereocenters. The summed E-state index contributed by atoms with van der Waals surface area (Å²) in [6.07, 6.45) is 6.44. The normalized spacial score (nSPS) is 24.2. The van der Waals surface area contributed by atoms with Crippen molar-refractivity contribution in [3.05, 3.63) is 29.3 Å². The van der Waals surface area contributed by atoms with Crippen LogP contribution in [0, 0.1) is 12.8 Å². The molecule has 0 radical (unpaired) electrons. The molecule has 3 heteroatoms. The van der Waals surface area contributed by atoms with Gasteiger partial charge in [0.05, 0.1) is 12.7 Å². The van der Waals surface area contributed by atoms with Crippen LogP contribution in [-0.2, 0) is 4.74 Å². The second-order valence-electron chi connectivity index (χ2n) is 6.48. The molecule has 3 nitrogen and oxygen atoms in total. The molecule has 2 aliphatic rings. The molecule has 1 heterocycles. The minimum atomic E-state index is -0.00659. The molecule has 0 amide bonds. The average Bonchev–Trinajstić information content (AvgIpc) is 2.95. The van der Waals surface area contributed by atoms with E-state index < -0.39 is 0 Å². The van der Waals surface area contributed by atoms with Crippen molar-refractivity contribution in [1.29, 1.82) is 0 Å². The molecular weight excluding hydrogens is 264 g/mol. The largest absolute Gasteiger partial charge is 0.496 e. The van der Waals surface area contributed by atoms with E-state index in [1.54, 1.807) is 7.11 Å². The number of ether oxygens (including phenoxy) is 2. The first-order valence-electron chi connectivity index (χ1n) is 7.96. The highest BCUT2D eigenvalue weighted by Gasteiger charge is 2.42. The number of carbonyl (C=O) groups excluding carboxylic acids is 1. The number of rotatable bonds is 3. The predicted octanol–water partition coefficient (Wildman–Crippen LogP) is 3.93. The lowest BCUT2D eigenvalue weighted by atomic mass is 9.80. The van der Waals surface area contributed by atoms with Crippen LogP contribution in [0.15, 0.2) is 18.2 Å². The molecule has 2 fully saturated rings. The smallest absolute Gasteiger partial charge is 0.166 e. The molecular formula is C18H24O3. The van der Waals surface area contributed by atoms with Crippen LogP contribution >= 0.6 is 0 Å². The maximum absolute atomic E-state index is 12.8. The van der Waals surface area contributed by atoms with E-state index in [0.29, 0.717) is 0 Å². The van der Waals surface area contributed by atoms with Crippen molar-refractivity contribution in [3.8, 4) is 5.75 Å². The van der Waals surface area contributed by atoms with Crippen molar-refractivity contribution in [1.82, 2.24) is 0 Å². The second-order valence-corrected chi connectivity index (χ2v) is 6.48. The van der Waals surface area contributed by atoms with Gasteiger partial charge in [-0.1, -0.05) is 25.0 Å². The van der Waals surface area contributed by atoms with Crippen LogP contribution < -0.4 is 4.74 Å². The van der Waals surface area contributed by atoms with Gasteiger partial charge in [-0.3, -0.25) is 4.79 Å². The molecule has 0 bridgehead atoms. The summed E-state index contributed by atoms with van der Waals surface area (Å²) in [5, 5.41) is 0. The standard InChI is InChI=1S/C18H24O3/c1-13-5-6-14(11-16(13)20-2)17(19)15-7-10-21-18(12-15)8-3-4-9-18/h5-6,11,15H,3-4,7-10,12H2,1-2H3. The zero-order valence-corrected chi connectivity index (χ0v) is 13.0. The van der Waals surface area contributed by atoms with Gasteiger partial charge in [0.1, 0.15) is 5.75 Å². The van der Waals surface area contributed by atoms with Crippen LogP contribution in [0.4, 0.5) is 0 Å². The third kappa shape index (κ3) is 2.84. The zero-order chi connectivity index (χ0) is 14.9. The number of carbonyl (C=O) groups is 1. The van der Waals surface area contributed by atoms with Gasteiger partial charge in [-0.05, 0) is 44.2 Å². The van der Waals surface area contributed by atoms with Gasteiger partial charge in [-0.15, -0.1) is 0 Å². The molecule has 1 atom stereocenters. The van der Waals surface area contributed by atoms with E-state index in [-0.39, 0.29) is 17.3 Å². The maximum Gasteiger partial charge on any atom is 0.166 e. The van der Waals surface area contributed by atoms with Crippen LogP contribution in [0.5, 0.6) is 5.75 Å². The number of hydrogen-bond acceptors (Lipinski definition) is 3. The minimum absolute atomic E-state index is 0.00659. The van der Waals surface area contributed by atoms with E-state index in [2.05, 4.69) is 0 Å². The summed E-state index contributed by atoms with van der Waals surface area (Å²) in [6, 6.07) is 5.78. The number of benzene rings is 1. The monoisotopic (exact) mass is 288 g/mol. The maximum atomic E-state index is 12.8. The molecule has 1 saturated heterocycles. The Kier molecular flexibility index (Phi) is 4.03. The highest BCUT2D eigenvalue weighted by molar-refractivity contribution is 5.98. The Morgan fingerprint density at radius 2 is 2.10 bits per heavy atom. The first-order chi connectivity index (χ1) is 10.1. The Bertz CT molecular complexity index is 529. The highest BCUT2D eigenvalue weighted by atomic mass is 16.5. The average molecular weight is 288 g/mol.